The molecule has 686 valence electrons. The number of anilines is 2. The number of nitrogens with zero attached hydrogens (tertiary/aromatic N) is 11. The fourth-order valence-corrected chi connectivity index (χ4v) is 12.1. The molecule has 5 heterocycles. The van der Waals surface area contributed by atoms with Gasteiger partial charge in [-0.1, -0.05) is 172 Å². The first-order chi connectivity index (χ1) is 61.9. The molecule has 40 heteroatoms. The first kappa shape index (κ1) is 100. The Bertz CT molecular complexity index is 5240. The third-order valence-electron chi connectivity index (χ3n) is 18.3. The number of carboxylic acids is 3. The van der Waals surface area contributed by atoms with Crippen LogP contribution in [0, 0.1) is 24.7 Å². The summed E-state index contributed by atoms with van der Waals surface area (Å²) in [5, 5.41) is 33.0. The lowest BCUT2D eigenvalue weighted by Crippen LogP contribution is -2.43. The van der Waals surface area contributed by atoms with Crippen molar-refractivity contribution in [1.82, 2.24) is 63.3 Å². The molecule has 5 aromatic heterocycles. The van der Waals surface area contributed by atoms with E-state index in [0.29, 0.717) is 118 Å². The van der Waals surface area contributed by atoms with Crippen molar-refractivity contribution in [3.05, 3.63) is 241 Å². The van der Waals surface area contributed by atoms with Crippen molar-refractivity contribution in [2.75, 3.05) is 149 Å². The van der Waals surface area contributed by atoms with Gasteiger partial charge >= 0.3 is 35.8 Å². The number of rotatable bonds is 54. The second kappa shape index (κ2) is 55.9. The van der Waals surface area contributed by atoms with Crippen LogP contribution >= 0.6 is 0 Å². The van der Waals surface area contributed by atoms with Crippen molar-refractivity contribution < 1.29 is 106 Å². The summed E-state index contributed by atoms with van der Waals surface area (Å²) in [5.74, 6) is -5.57. The zero-order chi connectivity index (χ0) is 91.6. The number of carboxylic acid groups (broad SMARTS) is 3. The van der Waals surface area contributed by atoms with E-state index in [2.05, 4.69) is 45.5 Å². The number of fused-ring (bicyclic) bond motifs is 2. The highest BCUT2D eigenvalue weighted by Gasteiger charge is 2.26. The second-order valence-corrected chi connectivity index (χ2v) is 29.3. The number of benzene rings is 5. The molecule has 0 aliphatic heterocycles. The Labute approximate surface area is 736 Å². The fraction of sp³-hybridized carbons (Fsp3) is 0.409. The number of H-pyrrole nitrogens is 2. The Kier molecular flexibility index (Phi) is 43.7. The number of nitrogens with one attached hydrogen (secondary N) is 4. The lowest BCUT2D eigenvalue weighted by molar-refractivity contribution is -0.145. The van der Waals surface area contributed by atoms with Crippen LogP contribution in [0.2, 0.25) is 0 Å². The highest BCUT2D eigenvalue weighted by atomic mass is 16.6. The summed E-state index contributed by atoms with van der Waals surface area (Å²) in [7, 11) is 0. The number of carbonyl (C=O) groups excluding carboxylic acids is 5. The van der Waals surface area contributed by atoms with Gasteiger partial charge in [-0.2, -0.15) is 4.98 Å². The average molecular weight is 1780 g/mol. The van der Waals surface area contributed by atoms with Gasteiger partial charge in [-0.25, -0.2) is 34.3 Å². The molecule has 7 N–H and O–H groups in total. The van der Waals surface area contributed by atoms with Crippen LogP contribution < -0.4 is 27.4 Å². The minimum Gasteiger partial charge on any atom is -0.480 e. The minimum atomic E-state index is -1.18. The molecule has 0 fully saturated rings. The summed E-state index contributed by atoms with van der Waals surface area (Å²) in [6.07, 6.45) is 3.57. The maximum absolute atomic E-state index is 13.2. The number of aliphatic carboxylic acids is 3. The Morgan fingerprint density at radius 1 is 0.391 bits per heavy atom. The van der Waals surface area contributed by atoms with Gasteiger partial charge in [0, 0.05) is 31.4 Å². The van der Waals surface area contributed by atoms with Crippen molar-refractivity contribution in [2.24, 2.45) is 17.8 Å². The first-order valence-corrected chi connectivity index (χ1v) is 41.1. The number of aryl methyl sites for hydroxylation is 1. The van der Waals surface area contributed by atoms with Crippen LogP contribution in [0.25, 0.3) is 22.3 Å². The Morgan fingerprint density at radius 3 is 1.11 bits per heavy atom. The predicted molar refractivity (Wildman–Crippen MR) is 463 cm³/mol. The second-order valence-electron chi connectivity index (χ2n) is 29.3. The molecular weight excluding hydrogens is 1670 g/mol. The van der Waals surface area contributed by atoms with E-state index >= 15 is 0 Å². The van der Waals surface area contributed by atoms with Crippen LogP contribution in [0.5, 0.6) is 0 Å². The van der Waals surface area contributed by atoms with Gasteiger partial charge in [0.1, 0.15) is 58.8 Å². The van der Waals surface area contributed by atoms with Gasteiger partial charge in [0.2, 0.25) is 23.7 Å². The molecule has 0 bridgehead atoms. The molecule has 0 unspecified atom stereocenters. The van der Waals surface area contributed by atoms with Crippen LogP contribution in [-0.2, 0) is 134 Å². The lowest BCUT2D eigenvalue weighted by atomic mass is 10.2. The highest BCUT2D eigenvalue weighted by molar-refractivity contribution is 5.94. The zero-order valence-corrected chi connectivity index (χ0v) is 71.7. The molecule has 40 nitrogen and oxygen atoms in total. The van der Waals surface area contributed by atoms with E-state index < -0.39 is 84.3 Å². The molecule has 128 heavy (non-hydrogen) atoms. The molecule has 10 rings (SSSR count). The number of ether oxygens (including phenoxy) is 11. The molecule has 0 spiro atoms. The predicted octanol–water partition coefficient (Wildman–Crippen LogP) is 6.69. The van der Waals surface area contributed by atoms with Crippen molar-refractivity contribution in [2.45, 2.75) is 80.4 Å². The molecule has 10 aromatic rings. The van der Waals surface area contributed by atoms with E-state index in [0.717, 1.165) is 37.3 Å². The van der Waals surface area contributed by atoms with Crippen LogP contribution in [0.3, 0.4) is 0 Å². The normalized spacial score (nSPS) is 11.7. The minimum absolute atomic E-state index is 0.00718. The van der Waals surface area contributed by atoms with Gasteiger partial charge in [0.15, 0.2) is 28.1 Å². The smallest absolute Gasteiger partial charge is 0.414 e. The molecule has 3 atom stereocenters. The van der Waals surface area contributed by atoms with E-state index in [9.17, 15) is 68.1 Å². The Hall–Kier alpha value is -13.3. The van der Waals surface area contributed by atoms with Gasteiger partial charge in [-0.15, -0.1) is 0 Å². The average Bonchev–Trinajstić information content (AvgIpc) is 1.65. The number of hydrogen-bond acceptors (Lipinski definition) is 27. The molecular formula is C88H109N15O25. The molecule has 0 radical (unpaired) electrons. The quantitative estimate of drug-likeness (QED) is 0.0195. The summed E-state index contributed by atoms with van der Waals surface area (Å²) in [4.78, 5) is 163. The summed E-state index contributed by atoms with van der Waals surface area (Å²) < 4.78 is 64.4. The van der Waals surface area contributed by atoms with Crippen molar-refractivity contribution in [3.8, 4) is 0 Å². The van der Waals surface area contributed by atoms with Gasteiger partial charge in [0.25, 0.3) is 11.1 Å². The molecule has 0 aliphatic carbocycles. The number of hydrogen-bond donors (Lipinski definition) is 7. The van der Waals surface area contributed by atoms with E-state index in [1.165, 1.54) is 51.0 Å². The third-order valence-corrected chi connectivity index (χ3v) is 18.3. The maximum atomic E-state index is 13.2. The van der Waals surface area contributed by atoms with Crippen LogP contribution in [0.15, 0.2) is 191 Å². The van der Waals surface area contributed by atoms with Crippen LogP contribution in [0.4, 0.5) is 21.4 Å². The Balaban J connectivity index is 0.000000240. The zero-order valence-electron chi connectivity index (χ0n) is 71.7. The number of amides is 5. The topological polar surface area (TPSA) is 495 Å². The summed E-state index contributed by atoms with van der Waals surface area (Å²) in [6.45, 7) is 12.4. The van der Waals surface area contributed by atoms with Crippen LogP contribution in [-0.4, -0.2) is 265 Å². The molecule has 0 aliphatic rings. The van der Waals surface area contributed by atoms with E-state index in [4.69, 9.17) is 52.1 Å². The SMILES string of the molecule is C[C@H](COCCOCCOCc1ccccc1)CN(CC(=O)O)C(=O)Cn1cnc2c(=O)[nH]c(NC(=O)OCc3ccccc3)nc21.C[C@H](COCCOCCOCc1ccccc1)CN(CC(=O)O)C(=O)Cn1cnc2c(NC(=O)OCc3ccccc3)ncnc21.Cc1cn(CC(=O)N(CC(=O)O)C[C@H](C)COCCOCCOCc2ccccc2)c(=O)[nH]c1=O. The molecule has 0 saturated carbocycles. The number of imidazole rings is 2. The fourth-order valence-electron chi connectivity index (χ4n) is 12.1. The van der Waals surface area contributed by atoms with Crippen molar-refractivity contribution in [3.63, 3.8) is 0 Å². The van der Waals surface area contributed by atoms with Gasteiger partial charge in [0.05, 0.1) is 132 Å². The van der Waals surface area contributed by atoms with E-state index in [-0.39, 0.29) is 111 Å². The van der Waals surface area contributed by atoms with E-state index in [1.807, 2.05) is 160 Å². The summed E-state index contributed by atoms with van der Waals surface area (Å²) in [6, 6.07) is 47.8. The largest absolute Gasteiger partial charge is 0.480 e. The maximum Gasteiger partial charge on any atom is 0.414 e. The number of carbonyl (C=O) groups is 8. The molecule has 5 aromatic carbocycles. The lowest BCUT2D eigenvalue weighted by Gasteiger charge is -2.24. The Morgan fingerprint density at radius 2 is 0.727 bits per heavy atom. The number of aromatic amines is 2. The summed E-state index contributed by atoms with van der Waals surface area (Å²) in [5.41, 5.74) is 3.76. The molecule has 0 saturated heterocycles. The van der Waals surface area contributed by atoms with Crippen molar-refractivity contribution in [1.29, 1.82) is 0 Å². The van der Waals surface area contributed by atoms with Gasteiger partial charge < -0.3 is 91.3 Å². The standard InChI is InChI=1S/C32H38N6O9.C32H38N6O8.C24H33N3O8/c1-23(19-45-14-12-44-13-15-46-20-24-8-4-2-5-9-24)16-37(18-27(40)41)26(39)17-38-22-33-28-29(38)34-31(35-30(28)42)36-32(43)47-21-25-10-6-3-7-11-25;1-24(19-44-14-12-43-13-15-45-20-25-8-4-2-5-9-25)16-37(18-28(40)41)27(39)17-38-23-35-29-30(33-22-34-31(29)38)36-32(42)46-21-26-10-6-3-7-11-26;1-18(16-34-10-8-33-9-11-35-17-20-6-4-3-5-7-20)12-26(15-22(29)30)21(28)14-27-13-19(2)23(31)25-24(27)32/h2-11,22-23H,12-21H2,1H3,(H,40,41)(H2,34,35,36,42,43);2-11,22-24H,12-21H2,1H3,(H,40,41)(H,33,34,36,42);3-7,13,18H,8-12,14-17H2,1-2H3,(H,29,30)(H,25,31,32)/t23-;24-;18-/m000/s1. The number of aromatic nitrogens is 10. The first-order valence-electron chi connectivity index (χ1n) is 41.1. The van der Waals surface area contributed by atoms with Gasteiger partial charge in [-0.3, -0.25) is 63.5 Å². The molecule has 5 amide bonds. The monoisotopic (exact) mass is 1780 g/mol. The highest BCUT2D eigenvalue weighted by Crippen LogP contribution is 2.20. The summed E-state index contributed by atoms with van der Waals surface area (Å²) >= 11 is 0. The van der Waals surface area contributed by atoms with Crippen LogP contribution in [0.1, 0.15) is 54.2 Å². The van der Waals surface area contributed by atoms with Gasteiger partial charge in [-0.05, 0) is 52.5 Å². The van der Waals surface area contributed by atoms with Crippen molar-refractivity contribution >= 4 is 81.9 Å². The third kappa shape index (κ3) is 37.9. The van der Waals surface area contributed by atoms with E-state index in [1.54, 1.807) is 12.1 Å².